The maximum absolute atomic E-state index is 12.9. The number of fused-ring (bicyclic) bond motifs is 1. The van der Waals surface area contributed by atoms with Gasteiger partial charge in [-0.25, -0.2) is 9.13 Å². The minimum absolute atomic E-state index is 0.237. The molecule has 0 aliphatic rings. The van der Waals surface area contributed by atoms with Gasteiger partial charge in [-0.3, -0.25) is 4.55 Å². The van der Waals surface area contributed by atoms with Crippen LogP contribution < -0.4 is 4.57 Å². The van der Waals surface area contributed by atoms with Crippen molar-refractivity contribution >= 4 is 21.2 Å². The molecule has 1 aromatic heterocycles. The number of aromatic nitrogens is 2. The van der Waals surface area contributed by atoms with E-state index in [1.54, 1.807) is 23.1 Å². The van der Waals surface area contributed by atoms with E-state index < -0.39 is 21.9 Å². The highest BCUT2D eigenvalue weighted by molar-refractivity contribution is 7.85. The minimum Gasteiger partial charge on any atom is -0.286 e. The molecule has 0 radical (unpaired) electrons. The lowest BCUT2D eigenvalue weighted by Crippen LogP contribution is -2.30. The Hall–Kier alpha value is -1.61. The Morgan fingerprint density at radius 2 is 1.91 bits per heavy atom. The third-order valence-electron chi connectivity index (χ3n) is 3.86. The number of aryl methyl sites for hydroxylation is 2. The van der Waals surface area contributed by atoms with Gasteiger partial charge in [0.05, 0.1) is 24.9 Å². The van der Waals surface area contributed by atoms with Gasteiger partial charge in [0.15, 0.2) is 11.0 Å². The molecule has 1 N–H and O–H groups in total. The first kappa shape index (κ1) is 17.7. The molecular formula is C14H18F3N2O3S+. The summed E-state index contributed by atoms with van der Waals surface area (Å²) in [5.74, 6) is 0.414. The van der Waals surface area contributed by atoms with Crippen LogP contribution in [0.25, 0.3) is 11.0 Å². The summed E-state index contributed by atoms with van der Waals surface area (Å²) in [5, 5.41) is 0. The Kier molecular flexibility index (Phi) is 4.72. The SMILES string of the molecule is Cc1n(CCCCS(=O)(=O)O)c2cc(C(F)(F)F)ccc2[n+]1C. The van der Waals surface area contributed by atoms with Crippen molar-refractivity contribution in [3.8, 4) is 0 Å². The quantitative estimate of drug-likeness (QED) is 0.511. The van der Waals surface area contributed by atoms with Crippen molar-refractivity contribution in [3.63, 3.8) is 0 Å². The Balaban J connectivity index is 2.32. The van der Waals surface area contributed by atoms with E-state index in [0.717, 1.165) is 18.0 Å². The zero-order chi connectivity index (χ0) is 17.4. The molecule has 0 saturated carbocycles. The van der Waals surface area contributed by atoms with E-state index in [4.69, 9.17) is 4.55 Å². The molecule has 0 amide bonds. The van der Waals surface area contributed by atoms with Gasteiger partial charge in [-0.05, 0) is 25.0 Å². The fraction of sp³-hybridized carbons (Fsp3) is 0.500. The Morgan fingerprint density at radius 1 is 1.26 bits per heavy atom. The Labute approximate surface area is 132 Å². The number of rotatable bonds is 5. The Morgan fingerprint density at radius 3 is 2.48 bits per heavy atom. The van der Waals surface area contributed by atoms with Crippen LogP contribution in [0.4, 0.5) is 13.2 Å². The molecule has 0 spiro atoms. The number of hydrogen-bond acceptors (Lipinski definition) is 2. The van der Waals surface area contributed by atoms with E-state index in [-0.39, 0.29) is 12.2 Å². The van der Waals surface area contributed by atoms with Gasteiger partial charge in [0.1, 0.15) is 0 Å². The maximum atomic E-state index is 12.9. The summed E-state index contributed by atoms with van der Waals surface area (Å²) in [6.45, 7) is 2.16. The van der Waals surface area contributed by atoms with E-state index in [1.165, 1.54) is 6.07 Å². The van der Waals surface area contributed by atoms with Crippen LogP contribution in [0.1, 0.15) is 24.2 Å². The fourth-order valence-electron chi connectivity index (χ4n) is 2.57. The molecular weight excluding hydrogens is 333 g/mol. The summed E-state index contributed by atoms with van der Waals surface area (Å²) in [7, 11) is -2.25. The summed E-state index contributed by atoms with van der Waals surface area (Å²) in [5.41, 5.74) is 0.402. The van der Waals surface area contributed by atoms with Crippen LogP contribution in [0.3, 0.4) is 0 Å². The van der Waals surface area contributed by atoms with E-state index in [0.29, 0.717) is 24.0 Å². The van der Waals surface area contributed by atoms with Gasteiger partial charge in [-0.15, -0.1) is 0 Å². The van der Waals surface area contributed by atoms with Crippen molar-refractivity contribution in [1.82, 2.24) is 4.57 Å². The topological polar surface area (TPSA) is 63.2 Å². The average molecular weight is 351 g/mol. The molecule has 9 heteroatoms. The second-order valence-corrected chi connectivity index (χ2v) is 7.02. The normalized spacial score (nSPS) is 13.0. The number of unbranched alkanes of at least 4 members (excludes halogenated alkanes) is 1. The van der Waals surface area contributed by atoms with Crippen LogP contribution in [-0.4, -0.2) is 23.3 Å². The zero-order valence-corrected chi connectivity index (χ0v) is 13.6. The smallest absolute Gasteiger partial charge is 0.286 e. The van der Waals surface area contributed by atoms with Crippen molar-refractivity contribution in [2.75, 3.05) is 5.75 Å². The summed E-state index contributed by atoms with van der Waals surface area (Å²) in [6, 6.07) is 3.58. The van der Waals surface area contributed by atoms with Gasteiger partial charge in [0, 0.05) is 13.0 Å². The van der Waals surface area contributed by atoms with E-state index >= 15 is 0 Å². The molecule has 1 aromatic carbocycles. The highest BCUT2D eigenvalue weighted by Crippen LogP contribution is 2.31. The molecule has 5 nitrogen and oxygen atoms in total. The minimum atomic E-state index is -4.42. The van der Waals surface area contributed by atoms with Gasteiger partial charge in [-0.1, -0.05) is 0 Å². The van der Waals surface area contributed by atoms with E-state index in [9.17, 15) is 21.6 Å². The highest BCUT2D eigenvalue weighted by atomic mass is 32.2. The van der Waals surface area contributed by atoms with Crippen molar-refractivity contribution in [2.45, 2.75) is 32.5 Å². The molecule has 0 aliphatic carbocycles. The van der Waals surface area contributed by atoms with Crippen LogP contribution in [-0.2, 0) is 29.9 Å². The third kappa shape index (κ3) is 4.03. The largest absolute Gasteiger partial charge is 0.416 e. The van der Waals surface area contributed by atoms with Gasteiger partial charge in [0.25, 0.3) is 15.9 Å². The number of halogens is 3. The number of hydrogen-bond donors (Lipinski definition) is 1. The molecule has 0 atom stereocenters. The van der Waals surface area contributed by atoms with Gasteiger partial charge >= 0.3 is 6.18 Å². The molecule has 128 valence electrons. The first-order valence-electron chi connectivity index (χ1n) is 7.02. The molecule has 0 saturated heterocycles. The van der Waals surface area contributed by atoms with Gasteiger partial charge in [-0.2, -0.15) is 21.6 Å². The van der Waals surface area contributed by atoms with Crippen molar-refractivity contribution < 1.29 is 30.7 Å². The molecule has 2 aromatic rings. The van der Waals surface area contributed by atoms with E-state index in [1.807, 2.05) is 0 Å². The fourth-order valence-corrected chi connectivity index (χ4v) is 3.13. The predicted octanol–water partition coefficient (Wildman–Crippen LogP) is 2.46. The average Bonchev–Trinajstić information content (AvgIpc) is 2.65. The highest BCUT2D eigenvalue weighted by Gasteiger charge is 2.32. The van der Waals surface area contributed by atoms with Crippen LogP contribution in [0, 0.1) is 6.92 Å². The van der Waals surface area contributed by atoms with Crippen LogP contribution in [0.15, 0.2) is 18.2 Å². The molecule has 0 unspecified atom stereocenters. The molecule has 23 heavy (non-hydrogen) atoms. The first-order chi connectivity index (χ1) is 10.5. The Bertz CT molecular complexity index is 826. The molecule has 1 heterocycles. The maximum Gasteiger partial charge on any atom is 0.416 e. The van der Waals surface area contributed by atoms with Crippen molar-refractivity contribution in [2.24, 2.45) is 7.05 Å². The van der Waals surface area contributed by atoms with Crippen LogP contribution >= 0.6 is 0 Å². The third-order valence-corrected chi connectivity index (χ3v) is 4.67. The second-order valence-electron chi connectivity index (χ2n) is 5.45. The standard InChI is InChI=1S/C14H17F3N2O3S/c1-10-18(2)12-6-5-11(14(15,16)17)9-13(12)19(10)7-3-4-8-23(20,21)22/h5-6,9H,3-4,7-8H2,1-2H3/p+1. The summed E-state index contributed by atoms with van der Waals surface area (Å²) >= 11 is 0. The lowest BCUT2D eigenvalue weighted by atomic mass is 10.2. The van der Waals surface area contributed by atoms with Gasteiger partial charge < -0.3 is 0 Å². The van der Waals surface area contributed by atoms with Crippen LogP contribution in [0.2, 0.25) is 0 Å². The lowest BCUT2D eigenvalue weighted by Gasteiger charge is -2.05. The molecule has 2 rings (SSSR count). The first-order valence-corrected chi connectivity index (χ1v) is 8.63. The number of imidazole rings is 1. The zero-order valence-electron chi connectivity index (χ0n) is 12.8. The monoisotopic (exact) mass is 351 g/mol. The molecule has 0 bridgehead atoms. The number of alkyl halides is 3. The summed E-state index contributed by atoms with van der Waals surface area (Å²) < 4.78 is 72.3. The van der Waals surface area contributed by atoms with E-state index in [2.05, 4.69) is 0 Å². The predicted molar refractivity (Wildman–Crippen MR) is 78.5 cm³/mol. The lowest BCUT2D eigenvalue weighted by molar-refractivity contribution is -0.652. The molecule has 0 fully saturated rings. The van der Waals surface area contributed by atoms with Crippen LogP contribution in [0.5, 0.6) is 0 Å². The van der Waals surface area contributed by atoms with Crippen molar-refractivity contribution in [3.05, 3.63) is 29.6 Å². The van der Waals surface area contributed by atoms with Crippen molar-refractivity contribution in [1.29, 1.82) is 0 Å². The summed E-state index contributed by atoms with van der Waals surface area (Å²) in [4.78, 5) is 0. The van der Waals surface area contributed by atoms with Gasteiger partial charge in [0.2, 0.25) is 0 Å². The number of nitrogens with zero attached hydrogens (tertiary/aromatic N) is 2. The second kappa shape index (κ2) is 6.12. The summed E-state index contributed by atoms with van der Waals surface area (Å²) in [6.07, 6.45) is -3.75. The number of benzene rings is 1. The molecule has 0 aliphatic heterocycles.